The summed E-state index contributed by atoms with van der Waals surface area (Å²) in [4.78, 5) is 30.0. The normalized spacial score (nSPS) is 11.0. The lowest BCUT2D eigenvalue weighted by Crippen LogP contribution is -2.22. The van der Waals surface area contributed by atoms with E-state index in [0.29, 0.717) is 11.1 Å². The van der Waals surface area contributed by atoms with Crippen LogP contribution in [0.3, 0.4) is 0 Å². The van der Waals surface area contributed by atoms with Crippen molar-refractivity contribution in [2.45, 2.75) is 26.7 Å². The number of aryl methyl sites for hydroxylation is 1. The molecular weight excluding hydrogens is 420 g/mol. The second-order valence-corrected chi connectivity index (χ2v) is 8.88. The maximum absolute atomic E-state index is 12.8. The summed E-state index contributed by atoms with van der Waals surface area (Å²) in [6.45, 7) is 5.73. The summed E-state index contributed by atoms with van der Waals surface area (Å²) in [6, 6.07) is 20.9. The van der Waals surface area contributed by atoms with Crippen LogP contribution in [0.15, 0.2) is 66.7 Å². The van der Waals surface area contributed by atoms with Gasteiger partial charge in [0.1, 0.15) is 5.01 Å². The molecule has 4 rings (SSSR count). The van der Waals surface area contributed by atoms with E-state index in [4.69, 9.17) is 4.74 Å². The van der Waals surface area contributed by atoms with Crippen LogP contribution in [0, 0.1) is 6.92 Å². The van der Waals surface area contributed by atoms with Gasteiger partial charge in [-0.25, -0.2) is 9.78 Å². The molecule has 0 saturated heterocycles. The number of thiazole rings is 1. The van der Waals surface area contributed by atoms with E-state index in [1.807, 2.05) is 61.5 Å². The van der Waals surface area contributed by atoms with Crippen LogP contribution in [-0.4, -0.2) is 23.5 Å². The summed E-state index contributed by atoms with van der Waals surface area (Å²) in [7, 11) is 0. The maximum Gasteiger partial charge on any atom is 0.339 e. The van der Waals surface area contributed by atoms with Gasteiger partial charge >= 0.3 is 5.97 Å². The summed E-state index contributed by atoms with van der Waals surface area (Å²) in [5.74, 6) is -0.663. The molecule has 1 heterocycles. The van der Waals surface area contributed by atoms with Gasteiger partial charge in [-0.3, -0.25) is 4.79 Å². The third kappa shape index (κ3) is 4.55. The number of fused-ring (bicyclic) bond motifs is 1. The smallest absolute Gasteiger partial charge is 0.339 e. The predicted octanol–water partition coefficient (Wildman–Crippen LogP) is 6.19. The first-order chi connectivity index (χ1) is 15.4. The molecule has 6 heteroatoms. The Hall–Kier alpha value is -3.51. The molecule has 0 fully saturated rings. The monoisotopic (exact) mass is 444 g/mol. The molecule has 0 atom stereocenters. The van der Waals surface area contributed by atoms with E-state index in [2.05, 4.69) is 24.1 Å². The summed E-state index contributed by atoms with van der Waals surface area (Å²) in [5, 5.41) is 3.65. The number of aromatic nitrogens is 1. The topological polar surface area (TPSA) is 68.3 Å². The molecule has 0 aliphatic rings. The zero-order valence-corrected chi connectivity index (χ0v) is 19.0. The van der Waals surface area contributed by atoms with Crippen molar-refractivity contribution in [3.05, 3.63) is 83.4 Å². The van der Waals surface area contributed by atoms with Gasteiger partial charge in [-0.1, -0.05) is 62.4 Å². The van der Waals surface area contributed by atoms with Gasteiger partial charge in [0.2, 0.25) is 0 Å². The Morgan fingerprint density at radius 2 is 1.75 bits per heavy atom. The van der Waals surface area contributed by atoms with Crippen molar-refractivity contribution in [3.8, 4) is 10.6 Å². The van der Waals surface area contributed by atoms with Crippen molar-refractivity contribution in [2.24, 2.45) is 0 Å². The molecule has 5 nitrogen and oxygen atoms in total. The number of carbonyl (C=O) groups excluding carboxylic acids is 2. The average Bonchev–Trinajstić information content (AvgIpc) is 3.23. The summed E-state index contributed by atoms with van der Waals surface area (Å²) in [5.41, 5.74) is 4.76. The lowest BCUT2D eigenvalue weighted by atomic mass is 9.98. The molecule has 162 valence electrons. The van der Waals surface area contributed by atoms with E-state index in [9.17, 15) is 9.59 Å². The van der Waals surface area contributed by atoms with Gasteiger partial charge in [0.15, 0.2) is 6.61 Å². The number of ether oxygens (including phenoxy) is 1. The van der Waals surface area contributed by atoms with Gasteiger partial charge in [0, 0.05) is 11.3 Å². The first-order valence-electron chi connectivity index (χ1n) is 10.5. The number of nitrogens with one attached hydrogen (secondary N) is 1. The highest BCUT2D eigenvalue weighted by atomic mass is 32.1. The number of hydrogen-bond donors (Lipinski definition) is 1. The van der Waals surface area contributed by atoms with Crippen molar-refractivity contribution < 1.29 is 14.3 Å². The first-order valence-corrected chi connectivity index (χ1v) is 11.3. The molecule has 0 spiro atoms. The van der Waals surface area contributed by atoms with Crippen LogP contribution in [0.1, 0.15) is 41.3 Å². The summed E-state index contributed by atoms with van der Waals surface area (Å²) in [6.07, 6.45) is 0. The molecule has 0 aliphatic heterocycles. The second kappa shape index (κ2) is 9.32. The minimum absolute atomic E-state index is 0.258. The Morgan fingerprint density at radius 1 is 1.00 bits per heavy atom. The van der Waals surface area contributed by atoms with Gasteiger partial charge in [-0.15, -0.1) is 11.3 Å². The SMILES string of the molecule is Cc1cccc(C(C)C)c1NC(=O)COC(=O)c1ccccc1-c1nc2ccccc2s1. The summed E-state index contributed by atoms with van der Waals surface area (Å²) < 4.78 is 6.41. The van der Waals surface area contributed by atoms with Crippen LogP contribution in [0.25, 0.3) is 20.8 Å². The molecule has 0 saturated carbocycles. The fraction of sp³-hybridized carbons (Fsp3) is 0.192. The van der Waals surface area contributed by atoms with Crippen LogP contribution in [-0.2, 0) is 9.53 Å². The molecular formula is C26H24N2O3S. The molecule has 3 aromatic carbocycles. The third-order valence-corrected chi connectivity index (χ3v) is 6.27. The van der Waals surface area contributed by atoms with Gasteiger partial charge in [0.25, 0.3) is 5.91 Å². The molecule has 0 radical (unpaired) electrons. The minimum atomic E-state index is -0.552. The zero-order chi connectivity index (χ0) is 22.7. The van der Waals surface area contributed by atoms with Crippen LogP contribution < -0.4 is 5.32 Å². The highest BCUT2D eigenvalue weighted by molar-refractivity contribution is 7.21. The molecule has 1 amide bonds. The zero-order valence-electron chi connectivity index (χ0n) is 18.2. The molecule has 4 aromatic rings. The number of esters is 1. The van der Waals surface area contributed by atoms with Crippen molar-refractivity contribution in [1.29, 1.82) is 0 Å². The Morgan fingerprint density at radius 3 is 2.53 bits per heavy atom. The fourth-order valence-electron chi connectivity index (χ4n) is 3.56. The van der Waals surface area contributed by atoms with E-state index in [0.717, 1.165) is 32.0 Å². The standard InChI is InChI=1S/C26H24N2O3S/c1-16(2)18-12-8-9-17(3)24(18)28-23(29)15-31-26(30)20-11-5-4-10-19(20)25-27-21-13-6-7-14-22(21)32-25/h4-14,16H,15H2,1-3H3,(H,28,29). The average molecular weight is 445 g/mol. The largest absolute Gasteiger partial charge is 0.452 e. The number of carbonyl (C=O) groups is 2. The van der Waals surface area contributed by atoms with Crippen molar-refractivity contribution in [3.63, 3.8) is 0 Å². The number of rotatable bonds is 6. The van der Waals surface area contributed by atoms with Crippen LogP contribution in [0.5, 0.6) is 0 Å². The van der Waals surface area contributed by atoms with E-state index in [-0.39, 0.29) is 18.4 Å². The molecule has 0 unspecified atom stereocenters. The van der Waals surface area contributed by atoms with Gasteiger partial charge in [-0.2, -0.15) is 0 Å². The fourth-order valence-corrected chi connectivity index (χ4v) is 4.57. The Kier molecular flexibility index (Phi) is 6.32. The van der Waals surface area contributed by atoms with Gasteiger partial charge in [0.05, 0.1) is 15.8 Å². The Labute approximate surface area is 191 Å². The molecule has 0 bridgehead atoms. The first kappa shape index (κ1) is 21.7. The third-order valence-electron chi connectivity index (χ3n) is 5.20. The number of benzene rings is 3. The minimum Gasteiger partial charge on any atom is -0.452 e. The Balaban J connectivity index is 1.49. The highest BCUT2D eigenvalue weighted by Gasteiger charge is 2.19. The number of para-hydroxylation sites is 2. The van der Waals surface area contributed by atoms with Crippen LogP contribution in [0.2, 0.25) is 0 Å². The van der Waals surface area contributed by atoms with E-state index >= 15 is 0 Å². The van der Waals surface area contributed by atoms with Gasteiger partial charge < -0.3 is 10.1 Å². The number of nitrogens with zero attached hydrogens (tertiary/aromatic N) is 1. The summed E-state index contributed by atoms with van der Waals surface area (Å²) >= 11 is 1.52. The number of anilines is 1. The maximum atomic E-state index is 12.8. The van der Waals surface area contributed by atoms with Gasteiger partial charge in [-0.05, 0) is 42.2 Å². The molecule has 1 N–H and O–H groups in total. The molecule has 1 aromatic heterocycles. The molecule has 32 heavy (non-hydrogen) atoms. The quantitative estimate of drug-likeness (QED) is 0.360. The van der Waals surface area contributed by atoms with E-state index in [1.54, 1.807) is 12.1 Å². The van der Waals surface area contributed by atoms with Crippen LogP contribution in [0.4, 0.5) is 5.69 Å². The van der Waals surface area contributed by atoms with Crippen molar-refractivity contribution in [1.82, 2.24) is 4.98 Å². The predicted molar refractivity (Wildman–Crippen MR) is 129 cm³/mol. The van der Waals surface area contributed by atoms with Crippen molar-refractivity contribution >= 4 is 39.1 Å². The molecule has 0 aliphatic carbocycles. The lowest BCUT2D eigenvalue weighted by Gasteiger charge is -2.16. The van der Waals surface area contributed by atoms with E-state index < -0.39 is 5.97 Å². The lowest BCUT2D eigenvalue weighted by molar-refractivity contribution is -0.119. The van der Waals surface area contributed by atoms with Crippen LogP contribution >= 0.6 is 11.3 Å². The van der Waals surface area contributed by atoms with Crippen molar-refractivity contribution in [2.75, 3.05) is 11.9 Å². The number of hydrogen-bond acceptors (Lipinski definition) is 5. The number of amides is 1. The second-order valence-electron chi connectivity index (χ2n) is 7.85. The Bertz CT molecular complexity index is 1260. The highest BCUT2D eigenvalue weighted by Crippen LogP contribution is 2.32. The van der Waals surface area contributed by atoms with E-state index in [1.165, 1.54) is 11.3 Å².